The van der Waals surface area contributed by atoms with E-state index < -0.39 is 17.7 Å². The predicted molar refractivity (Wildman–Crippen MR) is 131 cm³/mol. The fourth-order valence-electron chi connectivity index (χ4n) is 5.29. The van der Waals surface area contributed by atoms with Gasteiger partial charge in [0.15, 0.2) is 0 Å². The first-order valence-corrected chi connectivity index (χ1v) is 12.0. The maximum atomic E-state index is 13.3. The van der Waals surface area contributed by atoms with Gasteiger partial charge in [0.05, 0.1) is 11.6 Å². The number of aliphatic hydroxyl groups excluding tert-OH is 1. The first kappa shape index (κ1) is 21.4. The lowest BCUT2D eigenvalue weighted by Crippen LogP contribution is -2.30. The van der Waals surface area contributed by atoms with Crippen LogP contribution in [-0.2, 0) is 22.4 Å². The van der Waals surface area contributed by atoms with Gasteiger partial charge in [0.25, 0.3) is 11.7 Å². The number of aliphatic hydroxyl groups is 1. The SMILES string of the molecule is CCCCN1C(=O)C(=O)/C(=C(\O)c2ccc3c(c2)CCCC3)C1c1cccc2ccccc12. The Hall–Kier alpha value is -3.40. The molecule has 168 valence electrons. The standard InChI is InChI=1S/C29H29NO3/c1-2-3-17-30-26(24-14-8-12-20-10-6-7-13-23(20)24)25(28(32)29(30)33)27(31)22-16-15-19-9-4-5-11-21(19)18-22/h6-8,10,12-16,18,26,31H,2-5,9,11,17H2,1H3/b27-25-. The summed E-state index contributed by atoms with van der Waals surface area (Å²) in [6, 6.07) is 19.3. The maximum absolute atomic E-state index is 13.3. The number of hydrogen-bond acceptors (Lipinski definition) is 3. The minimum absolute atomic E-state index is 0.0707. The number of carbonyl (C=O) groups is 2. The zero-order chi connectivity index (χ0) is 22.9. The van der Waals surface area contributed by atoms with Crippen molar-refractivity contribution in [1.82, 2.24) is 4.90 Å². The van der Waals surface area contributed by atoms with Crippen molar-refractivity contribution in [2.75, 3.05) is 6.54 Å². The van der Waals surface area contributed by atoms with E-state index in [9.17, 15) is 14.7 Å². The van der Waals surface area contributed by atoms with Gasteiger partial charge in [-0.1, -0.05) is 67.9 Å². The lowest BCUT2D eigenvalue weighted by atomic mass is 9.88. The highest BCUT2D eigenvalue weighted by molar-refractivity contribution is 6.46. The molecule has 1 heterocycles. The molecule has 1 amide bonds. The number of fused-ring (bicyclic) bond motifs is 2. The van der Waals surface area contributed by atoms with Gasteiger partial charge in [-0.15, -0.1) is 0 Å². The van der Waals surface area contributed by atoms with Gasteiger partial charge in [-0.05, 0) is 65.6 Å². The summed E-state index contributed by atoms with van der Waals surface area (Å²) < 4.78 is 0. The molecule has 1 fully saturated rings. The van der Waals surface area contributed by atoms with E-state index in [1.807, 2.05) is 54.6 Å². The number of hydrogen-bond donors (Lipinski definition) is 1. The van der Waals surface area contributed by atoms with Crippen LogP contribution in [0.25, 0.3) is 16.5 Å². The molecule has 0 saturated carbocycles. The van der Waals surface area contributed by atoms with Crippen molar-refractivity contribution < 1.29 is 14.7 Å². The number of nitrogens with zero attached hydrogens (tertiary/aromatic N) is 1. The van der Waals surface area contributed by atoms with Crippen LogP contribution in [0.3, 0.4) is 0 Å². The van der Waals surface area contributed by atoms with Gasteiger partial charge in [-0.2, -0.15) is 0 Å². The van der Waals surface area contributed by atoms with Crippen LogP contribution in [0.2, 0.25) is 0 Å². The van der Waals surface area contributed by atoms with Crippen LogP contribution in [0, 0.1) is 0 Å². The third-order valence-electron chi connectivity index (χ3n) is 7.03. The van der Waals surface area contributed by atoms with Crippen molar-refractivity contribution in [3.05, 3.63) is 88.5 Å². The van der Waals surface area contributed by atoms with Crippen molar-refractivity contribution in [2.24, 2.45) is 0 Å². The average Bonchev–Trinajstić information content (AvgIpc) is 3.11. The minimum atomic E-state index is -0.598. The summed E-state index contributed by atoms with van der Waals surface area (Å²) in [5.41, 5.74) is 4.24. The Bertz CT molecular complexity index is 1270. The number of amides is 1. The highest BCUT2D eigenvalue weighted by atomic mass is 16.3. The quantitative estimate of drug-likeness (QED) is 0.304. The van der Waals surface area contributed by atoms with Gasteiger partial charge in [0.2, 0.25) is 0 Å². The third-order valence-corrected chi connectivity index (χ3v) is 7.03. The summed E-state index contributed by atoms with van der Waals surface area (Å²) in [4.78, 5) is 28.1. The number of carbonyl (C=O) groups excluding carboxylic acids is 2. The molecule has 2 aliphatic rings. The molecule has 1 saturated heterocycles. The van der Waals surface area contributed by atoms with Crippen molar-refractivity contribution in [3.63, 3.8) is 0 Å². The van der Waals surface area contributed by atoms with Crippen LogP contribution >= 0.6 is 0 Å². The molecule has 0 bridgehead atoms. The zero-order valence-electron chi connectivity index (χ0n) is 19.0. The van der Waals surface area contributed by atoms with Gasteiger partial charge in [-0.25, -0.2) is 0 Å². The number of unbranched alkanes of at least 4 members (excludes halogenated alkanes) is 1. The maximum Gasteiger partial charge on any atom is 0.295 e. The molecular weight excluding hydrogens is 410 g/mol. The highest BCUT2D eigenvalue weighted by Crippen LogP contribution is 2.42. The van der Waals surface area contributed by atoms with E-state index in [0.29, 0.717) is 12.1 Å². The molecule has 1 N–H and O–H groups in total. The number of Topliss-reactive ketones (excluding diaryl/α,β-unsaturated/α-hetero) is 1. The monoisotopic (exact) mass is 439 g/mol. The zero-order valence-corrected chi connectivity index (χ0v) is 19.0. The molecule has 1 aliphatic carbocycles. The fourth-order valence-corrected chi connectivity index (χ4v) is 5.29. The molecule has 33 heavy (non-hydrogen) atoms. The van der Waals surface area contributed by atoms with Crippen LogP contribution in [0.4, 0.5) is 0 Å². The minimum Gasteiger partial charge on any atom is -0.507 e. The number of likely N-dealkylation sites (tertiary alicyclic amines) is 1. The van der Waals surface area contributed by atoms with E-state index in [2.05, 4.69) is 13.0 Å². The number of aryl methyl sites for hydroxylation is 2. The summed E-state index contributed by atoms with van der Waals surface area (Å²) in [5, 5.41) is 13.5. The van der Waals surface area contributed by atoms with E-state index in [-0.39, 0.29) is 11.3 Å². The van der Waals surface area contributed by atoms with Gasteiger partial charge in [0, 0.05) is 12.1 Å². The van der Waals surface area contributed by atoms with E-state index in [0.717, 1.165) is 48.4 Å². The molecule has 4 nitrogen and oxygen atoms in total. The molecule has 3 aromatic rings. The number of rotatable bonds is 5. The van der Waals surface area contributed by atoms with Crippen LogP contribution in [0.1, 0.15) is 60.9 Å². The molecule has 0 radical (unpaired) electrons. The number of ketones is 1. The smallest absolute Gasteiger partial charge is 0.295 e. The Morgan fingerprint density at radius 1 is 0.970 bits per heavy atom. The highest BCUT2D eigenvalue weighted by Gasteiger charge is 2.46. The molecule has 3 aromatic carbocycles. The molecule has 1 unspecified atom stereocenters. The fraction of sp³-hybridized carbons (Fsp3) is 0.310. The second-order valence-corrected chi connectivity index (χ2v) is 9.11. The first-order chi connectivity index (χ1) is 16.1. The summed E-state index contributed by atoms with van der Waals surface area (Å²) in [5.74, 6) is -1.20. The lowest BCUT2D eigenvalue weighted by Gasteiger charge is -2.26. The van der Waals surface area contributed by atoms with Gasteiger partial charge >= 0.3 is 0 Å². The molecule has 4 heteroatoms. The topological polar surface area (TPSA) is 57.6 Å². The predicted octanol–water partition coefficient (Wildman–Crippen LogP) is 5.94. The van der Waals surface area contributed by atoms with Crippen molar-refractivity contribution >= 4 is 28.2 Å². The Morgan fingerprint density at radius 3 is 2.55 bits per heavy atom. The Morgan fingerprint density at radius 2 is 1.73 bits per heavy atom. The van der Waals surface area contributed by atoms with Crippen molar-refractivity contribution in [2.45, 2.75) is 51.5 Å². The summed E-state index contributed by atoms with van der Waals surface area (Å²) in [7, 11) is 0. The summed E-state index contributed by atoms with van der Waals surface area (Å²) in [6.45, 7) is 2.55. The summed E-state index contributed by atoms with van der Waals surface area (Å²) in [6.07, 6.45) is 6.06. The van der Waals surface area contributed by atoms with Crippen molar-refractivity contribution in [3.8, 4) is 0 Å². The normalized spacial score (nSPS) is 19.8. The largest absolute Gasteiger partial charge is 0.507 e. The molecule has 1 atom stereocenters. The van der Waals surface area contributed by atoms with Crippen LogP contribution in [0.15, 0.2) is 66.2 Å². The van der Waals surface area contributed by atoms with Gasteiger partial charge in [0.1, 0.15) is 5.76 Å². The Balaban J connectivity index is 1.70. The Kier molecular flexibility index (Phi) is 5.76. The van der Waals surface area contributed by atoms with E-state index in [4.69, 9.17) is 0 Å². The van der Waals surface area contributed by atoms with Crippen LogP contribution in [-0.4, -0.2) is 28.2 Å². The van der Waals surface area contributed by atoms with E-state index in [1.54, 1.807) is 4.90 Å². The molecular formula is C29H29NO3. The van der Waals surface area contributed by atoms with E-state index in [1.165, 1.54) is 17.5 Å². The first-order valence-electron chi connectivity index (χ1n) is 12.0. The van der Waals surface area contributed by atoms with Gasteiger partial charge < -0.3 is 10.0 Å². The third kappa shape index (κ3) is 3.74. The van der Waals surface area contributed by atoms with Crippen LogP contribution in [0.5, 0.6) is 0 Å². The second-order valence-electron chi connectivity index (χ2n) is 9.11. The van der Waals surface area contributed by atoms with E-state index >= 15 is 0 Å². The Labute approximate surface area is 194 Å². The van der Waals surface area contributed by atoms with Gasteiger partial charge in [-0.3, -0.25) is 9.59 Å². The molecule has 1 aliphatic heterocycles. The molecule has 0 aromatic heterocycles. The molecule has 0 spiro atoms. The second kappa shape index (κ2) is 8.86. The molecule has 5 rings (SSSR count). The van der Waals surface area contributed by atoms with Crippen LogP contribution < -0.4 is 0 Å². The number of benzene rings is 3. The van der Waals surface area contributed by atoms with Crippen molar-refractivity contribution in [1.29, 1.82) is 0 Å². The average molecular weight is 440 g/mol. The lowest BCUT2D eigenvalue weighted by molar-refractivity contribution is -0.139. The summed E-state index contributed by atoms with van der Waals surface area (Å²) >= 11 is 0.